The number of carbonyl (C=O) groups excluding carboxylic acids is 1. The molecule has 5 nitrogen and oxygen atoms in total. The maximum Gasteiger partial charge on any atom is 0.165 e. The molecule has 4 aliphatic carbocycles. The maximum absolute atomic E-state index is 13.4. The summed E-state index contributed by atoms with van der Waals surface area (Å²) in [5, 5.41) is 46.1. The molecule has 4 rings (SSSR count). The molecule has 0 spiro atoms. The fourth-order valence-electron chi connectivity index (χ4n) is 8.58. The quantitative estimate of drug-likeness (QED) is 0.464. The maximum atomic E-state index is 13.4. The topological polar surface area (TPSA) is 98.0 Å². The van der Waals surface area contributed by atoms with Gasteiger partial charge in [0.2, 0.25) is 0 Å². The summed E-state index contributed by atoms with van der Waals surface area (Å²) in [7, 11) is 0. The first-order chi connectivity index (χ1) is 15.2. The Morgan fingerprint density at radius 2 is 1.67 bits per heavy atom. The number of Topliss-reactive ketones (excluding diaryl/α,β-unsaturated/α-hetero) is 1. The normalized spacial score (nSPS) is 49.2. The Kier molecular flexibility index (Phi) is 5.95. The number of hydrogen-bond donors (Lipinski definition) is 4. The lowest BCUT2D eigenvalue weighted by Crippen LogP contribution is -2.77. The van der Waals surface area contributed by atoms with Crippen molar-refractivity contribution in [2.75, 3.05) is 0 Å². The minimum absolute atomic E-state index is 0.00937. The lowest BCUT2D eigenvalue weighted by atomic mass is 9.40. The third-order valence-corrected chi connectivity index (χ3v) is 11.6. The Morgan fingerprint density at radius 1 is 1.00 bits per heavy atom. The molecule has 3 saturated carbocycles. The number of carbonyl (C=O) groups is 1. The molecule has 0 bridgehead atoms. The van der Waals surface area contributed by atoms with Crippen LogP contribution in [0.1, 0.15) is 99.3 Å². The van der Waals surface area contributed by atoms with Gasteiger partial charge in [-0.15, -0.1) is 0 Å². The van der Waals surface area contributed by atoms with Crippen LogP contribution in [0, 0.1) is 40.4 Å². The van der Waals surface area contributed by atoms with E-state index in [0.29, 0.717) is 42.9 Å². The van der Waals surface area contributed by atoms with Crippen molar-refractivity contribution in [3.63, 3.8) is 0 Å². The molecule has 3 fully saturated rings. The molecule has 5 heteroatoms. The summed E-state index contributed by atoms with van der Waals surface area (Å²) in [5.41, 5.74) is -5.76. The van der Waals surface area contributed by atoms with Gasteiger partial charge in [0, 0.05) is 24.2 Å². The SMILES string of the molecule is CC(C)[C@@H](C)CC[C@@H](C)[C@H]1CC[C@@]2(O)[C@@H]3CC(=O)[C@@]4(O)CC(O)=CC[C@]4(C)[C@@]3(O)CC[C@]12C. The number of hydrogen-bond acceptors (Lipinski definition) is 5. The zero-order valence-corrected chi connectivity index (χ0v) is 21.5. The molecule has 0 aromatic rings. The lowest BCUT2D eigenvalue weighted by Gasteiger charge is -2.68. The summed E-state index contributed by atoms with van der Waals surface area (Å²) >= 11 is 0. The second-order valence-corrected chi connectivity index (χ2v) is 13.1. The number of fused-ring (bicyclic) bond motifs is 5. The van der Waals surface area contributed by atoms with Crippen LogP contribution in [0.15, 0.2) is 11.8 Å². The number of rotatable bonds is 5. The van der Waals surface area contributed by atoms with E-state index in [-0.39, 0.29) is 36.2 Å². The molecule has 33 heavy (non-hydrogen) atoms. The Morgan fingerprint density at radius 3 is 2.30 bits per heavy atom. The molecule has 9 atom stereocenters. The zero-order chi connectivity index (χ0) is 24.6. The first-order valence-electron chi connectivity index (χ1n) is 13.2. The molecule has 0 unspecified atom stereocenters. The van der Waals surface area contributed by atoms with E-state index >= 15 is 0 Å². The van der Waals surface area contributed by atoms with Crippen LogP contribution in [0.25, 0.3) is 0 Å². The van der Waals surface area contributed by atoms with Gasteiger partial charge in [0.25, 0.3) is 0 Å². The van der Waals surface area contributed by atoms with Gasteiger partial charge in [0.05, 0.1) is 17.0 Å². The summed E-state index contributed by atoms with van der Waals surface area (Å²) in [6.07, 6.45) is 6.63. The molecule has 0 aliphatic heterocycles. The molecule has 0 heterocycles. The average Bonchev–Trinajstić information content (AvgIpc) is 3.02. The van der Waals surface area contributed by atoms with Gasteiger partial charge < -0.3 is 20.4 Å². The van der Waals surface area contributed by atoms with Gasteiger partial charge in [-0.25, -0.2) is 0 Å². The molecule has 0 aromatic carbocycles. The van der Waals surface area contributed by atoms with E-state index in [1.807, 2.05) is 0 Å². The minimum atomic E-state index is -1.79. The summed E-state index contributed by atoms with van der Waals surface area (Å²) in [6, 6.07) is 0. The van der Waals surface area contributed by atoms with Crippen molar-refractivity contribution in [1.29, 1.82) is 0 Å². The third kappa shape index (κ3) is 3.17. The Hall–Kier alpha value is -0.910. The first-order valence-corrected chi connectivity index (χ1v) is 13.2. The zero-order valence-electron chi connectivity index (χ0n) is 21.5. The van der Waals surface area contributed by atoms with Crippen molar-refractivity contribution >= 4 is 5.78 Å². The lowest BCUT2D eigenvalue weighted by molar-refractivity contribution is -0.298. The van der Waals surface area contributed by atoms with Crippen LogP contribution in [0.3, 0.4) is 0 Å². The molecule has 4 aliphatic rings. The van der Waals surface area contributed by atoms with E-state index in [1.54, 1.807) is 13.0 Å². The van der Waals surface area contributed by atoms with Crippen molar-refractivity contribution in [3.05, 3.63) is 11.8 Å². The van der Waals surface area contributed by atoms with Gasteiger partial charge in [-0.1, -0.05) is 54.4 Å². The summed E-state index contributed by atoms with van der Waals surface area (Å²) in [4.78, 5) is 13.4. The van der Waals surface area contributed by atoms with Gasteiger partial charge in [-0.2, -0.15) is 0 Å². The second kappa shape index (κ2) is 7.80. The van der Waals surface area contributed by atoms with Crippen LogP contribution in [0.4, 0.5) is 0 Å². The highest BCUT2D eigenvalue weighted by Gasteiger charge is 2.77. The second-order valence-electron chi connectivity index (χ2n) is 13.1. The Balaban J connectivity index is 1.65. The summed E-state index contributed by atoms with van der Waals surface area (Å²) in [6.45, 7) is 13.2. The van der Waals surface area contributed by atoms with Crippen LogP contribution < -0.4 is 0 Å². The number of ketones is 1. The van der Waals surface area contributed by atoms with Gasteiger partial charge in [-0.05, 0) is 67.3 Å². The number of aliphatic hydroxyl groups excluding tert-OH is 1. The highest BCUT2D eigenvalue weighted by atomic mass is 16.3. The van der Waals surface area contributed by atoms with Crippen LogP contribution in [0.2, 0.25) is 0 Å². The average molecular weight is 463 g/mol. The van der Waals surface area contributed by atoms with Gasteiger partial charge in [0.15, 0.2) is 5.78 Å². The van der Waals surface area contributed by atoms with E-state index in [0.717, 1.165) is 12.8 Å². The van der Waals surface area contributed by atoms with E-state index in [2.05, 4.69) is 34.6 Å². The number of aliphatic hydroxyl groups is 4. The van der Waals surface area contributed by atoms with Crippen LogP contribution in [0.5, 0.6) is 0 Å². The molecular formula is C28H46O5. The van der Waals surface area contributed by atoms with Crippen LogP contribution in [-0.4, -0.2) is 43.0 Å². The molecule has 188 valence electrons. The van der Waals surface area contributed by atoms with Gasteiger partial charge >= 0.3 is 0 Å². The number of allylic oxidation sites excluding steroid dienone is 1. The largest absolute Gasteiger partial charge is 0.513 e. The molecule has 0 saturated heterocycles. The first kappa shape index (κ1) is 25.2. The molecule has 0 amide bonds. The van der Waals surface area contributed by atoms with E-state index in [4.69, 9.17) is 0 Å². The fraction of sp³-hybridized carbons (Fsp3) is 0.893. The minimum Gasteiger partial charge on any atom is -0.513 e. The monoisotopic (exact) mass is 462 g/mol. The van der Waals surface area contributed by atoms with Crippen molar-refractivity contribution < 1.29 is 25.2 Å². The van der Waals surface area contributed by atoms with Crippen molar-refractivity contribution in [2.45, 2.75) is 116 Å². The molecule has 0 radical (unpaired) electrons. The Bertz CT molecular complexity index is 836. The Labute approximate surface area is 199 Å². The molecule has 4 N–H and O–H groups in total. The van der Waals surface area contributed by atoms with Crippen molar-refractivity contribution in [1.82, 2.24) is 0 Å². The highest BCUT2D eigenvalue weighted by Crippen LogP contribution is 2.71. The van der Waals surface area contributed by atoms with Crippen molar-refractivity contribution in [2.24, 2.45) is 40.4 Å². The van der Waals surface area contributed by atoms with E-state index in [1.165, 1.54) is 6.42 Å². The van der Waals surface area contributed by atoms with Gasteiger partial charge in [0.1, 0.15) is 5.60 Å². The third-order valence-electron chi connectivity index (χ3n) is 11.6. The summed E-state index contributed by atoms with van der Waals surface area (Å²) < 4.78 is 0. The smallest absolute Gasteiger partial charge is 0.165 e. The molecule has 0 aromatic heterocycles. The summed E-state index contributed by atoms with van der Waals surface area (Å²) in [5.74, 6) is 1.22. The van der Waals surface area contributed by atoms with E-state index in [9.17, 15) is 25.2 Å². The fourth-order valence-corrected chi connectivity index (χ4v) is 8.58. The van der Waals surface area contributed by atoms with Crippen molar-refractivity contribution in [3.8, 4) is 0 Å². The van der Waals surface area contributed by atoms with Gasteiger partial charge in [-0.3, -0.25) is 4.79 Å². The predicted octanol–water partition coefficient (Wildman–Crippen LogP) is 4.93. The highest BCUT2D eigenvalue weighted by molar-refractivity contribution is 5.90. The van der Waals surface area contributed by atoms with Crippen LogP contribution >= 0.6 is 0 Å². The van der Waals surface area contributed by atoms with E-state index < -0.39 is 28.1 Å². The predicted molar refractivity (Wildman–Crippen MR) is 128 cm³/mol. The van der Waals surface area contributed by atoms with Crippen LogP contribution in [-0.2, 0) is 4.79 Å². The standard InChI is InChI=1S/C28H46O5/c1-17(2)18(3)7-8-19(4)21-10-12-26(31)22-15-23(30)28(33)16-20(29)9-11-25(28,6)27(22,32)14-13-24(21,26)5/h9,17-19,21-22,29,31-33H,7-8,10-16H2,1-6H3/t18-,19+,21+,22-,24+,25+,26+,27+,28-/m0/s1. The molecular weight excluding hydrogens is 416 g/mol.